The van der Waals surface area contributed by atoms with Crippen LogP contribution in [0.15, 0.2) is 0 Å². The number of hydrogen-bond donors (Lipinski definition) is 1. The quantitative estimate of drug-likeness (QED) is 0.538. The number of amides is 1. The van der Waals surface area contributed by atoms with Gasteiger partial charge in [-0.05, 0) is 19.8 Å². The van der Waals surface area contributed by atoms with Crippen molar-refractivity contribution in [2.24, 2.45) is 0 Å². The Bertz CT molecular complexity index is 162. The predicted molar refractivity (Wildman–Crippen MR) is 41.3 cm³/mol. The van der Waals surface area contributed by atoms with Crippen LogP contribution in [0.4, 0.5) is 0 Å². The molecule has 10 heavy (non-hydrogen) atoms. The summed E-state index contributed by atoms with van der Waals surface area (Å²) in [6, 6.07) is 0.179. The van der Waals surface area contributed by atoms with Crippen LogP contribution >= 0.6 is 0 Å². The molecule has 0 aliphatic rings. The van der Waals surface area contributed by atoms with Gasteiger partial charge in [0.15, 0.2) is 0 Å². The van der Waals surface area contributed by atoms with Crippen LogP contribution in [0.3, 0.4) is 0 Å². The summed E-state index contributed by atoms with van der Waals surface area (Å²) in [6.07, 6.45) is 0.728. The minimum absolute atomic E-state index is 0.179. The molecule has 1 amide bonds. The molecule has 0 aliphatic heterocycles. The molecule has 0 atom stereocenters. The molecule has 0 unspecified atom stereocenters. The van der Waals surface area contributed by atoms with E-state index in [0.717, 1.165) is 6.42 Å². The summed E-state index contributed by atoms with van der Waals surface area (Å²) < 4.78 is 0. The second-order valence-corrected chi connectivity index (χ2v) is 2.28. The average Bonchev–Trinajstić information content (AvgIpc) is 1.82. The molecule has 0 bridgehead atoms. The first-order valence-corrected chi connectivity index (χ1v) is 3.46. The Morgan fingerprint density at radius 2 is 2.20 bits per heavy atom. The lowest BCUT2D eigenvalue weighted by Gasteiger charge is -2.01. The number of hydrogen-bond acceptors (Lipinski definition) is 1. The highest BCUT2D eigenvalue weighted by Crippen LogP contribution is 1.75. The number of carbonyl (C=O) groups excluding carboxylic acids is 1. The van der Waals surface area contributed by atoms with Gasteiger partial charge in [-0.25, -0.2) is 0 Å². The van der Waals surface area contributed by atoms with Gasteiger partial charge in [0.1, 0.15) is 0 Å². The van der Waals surface area contributed by atoms with Gasteiger partial charge < -0.3 is 5.32 Å². The van der Waals surface area contributed by atoms with Crippen molar-refractivity contribution in [3.05, 3.63) is 0 Å². The van der Waals surface area contributed by atoms with Gasteiger partial charge in [0.25, 0.3) is 5.91 Å². The number of carbonyl (C=O) groups is 1. The third-order valence-electron chi connectivity index (χ3n) is 0.798. The zero-order chi connectivity index (χ0) is 7.98. The van der Waals surface area contributed by atoms with Gasteiger partial charge in [0.2, 0.25) is 0 Å². The Hall–Kier alpha value is -0.970. The summed E-state index contributed by atoms with van der Waals surface area (Å²) in [5, 5.41) is 2.66. The van der Waals surface area contributed by atoms with Crippen LogP contribution in [-0.4, -0.2) is 11.9 Å². The van der Waals surface area contributed by atoms with E-state index in [0.29, 0.717) is 0 Å². The zero-order valence-electron chi connectivity index (χ0n) is 6.69. The molecular weight excluding hydrogens is 126 g/mol. The maximum absolute atomic E-state index is 10.7. The van der Waals surface area contributed by atoms with Crippen LogP contribution in [0.5, 0.6) is 0 Å². The van der Waals surface area contributed by atoms with E-state index in [2.05, 4.69) is 17.2 Å². The molecule has 0 saturated carbocycles. The predicted octanol–water partition coefficient (Wildman–Crippen LogP) is 0.924. The molecule has 0 aromatic carbocycles. The summed E-state index contributed by atoms with van der Waals surface area (Å²) in [5.41, 5.74) is 0. The first-order valence-electron chi connectivity index (χ1n) is 3.46. The molecule has 2 nitrogen and oxygen atoms in total. The van der Waals surface area contributed by atoms with Crippen molar-refractivity contribution in [2.45, 2.75) is 33.2 Å². The van der Waals surface area contributed by atoms with Crippen LogP contribution in [0, 0.1) is 11.8 Å². The maximum Gasteiger partial charge on any atom is 0.296 e. The molecule has 0 aromatic heterocycles. The van der Waals surface area contributed by atoms with Gasteiger partial charge >= 0.3 is 0 Å². The van der Waals surface area contributed by atoms with Crippen LogP contribution in [-0.2, 0) is 4.79 Å². The van der Waals surface area contributed by atoms with Crippen molar-refractivity contribution >= 4 is 5.91 Å². The summed E-state index contributed by atoms with van der Waals surface area (Å²) in [5.74, 6) is 4.97. The van der Waals surface area contributed by atoms with Gasteiger partial charge in [-0.15, -0.1) is 0 Å². The average molecular weight is 139 g/mol. The number of rotatable bonds is 1. The lowest BCUT2D eigenvalue weighted by molar-refractivity contribution is -0.116. The smallest absolute Gasteiger partial charge is 0.296 e. The normalized spacial score (nSPS) is 8.40. The molecule has 56 valence electrons. The molecule has 0 heterocycles. The molecule has 0 fully saturated rings. The Morgan fingerprint density at radius 1 is 1.60 bits per heavy atom. The highest BCUT2D eigenvalue weighted by atomic mass is 16.1. The van der Waals surface area contributed by atoms with E-state index >= 15 is 0 Å². The monoisotopic (exact) mass is 139 g/mol. The van der Waals surface area contributed by atoms with Crippen molar-refractivity contribution < 1.29 is 4.79 Å². The molecule has 0 radical (unpaired) electrons. The fraction of sp³-hybridized carbons (Fsp3) is 0.625. The van der Waals surface area contributed by atoms with E-state index in [4.69, 9.17) is 0 Å². The maximum atomic E-state index is 10.7. The summed E-state index contributed by atoms with van der Waals surface area (Å²) in [4.78, 5) is 10.7. The summed E-state index contributed by atoms with van der Waals surface area (Å²) in [7, 11) is 0. The molecule has 2 heteroatoms. The third-order valence-corrected chi connectivity index (χ3v) is 0.798. The van der Waals surface area contributed by atoms with Gasteiger partial charge in [0, 0.05) is 12.5 Å². The largest absolute Gasteiger partial charge is 0.343 e. The standard InChI is InChI=1S/C8H13NO/c1-4-5-6-8(10)9-7(2)3/h7H,4H2,1-3H3,(H,9,10). The second-order valence-electron chi connectivity index (χ2n) is 2.28. The van der Waals surface area contributed by atoms with Crippen LogP contribution in [0.2, 0.25) is 0 Å². The lowest BCUT2D eigenvalue weighted by atomic mass is 10.4. The van der Waals surface area contributed by atoms with E-state index in [1.807, 2.05) is 20.8 Å². The first kappa shape index (κ1) is 9.03. The van der Waals surface area contributed by atoms with Crippen molar-refractivity contribution in [2.75, 3.05) is 0 Å². The van der Waals surface area contributed by atoms with Crippen LogP contribution < -0.4 is 5.32 Å². The highest BCUT2D eigenvalue weighted by Gasteiger charge is 1.95. The van der Waals surface area contributed by atoms with Crippen molar-refractivity contribution in [3.63, 3.8) is 0 Å². The zero-order valence-corrected chi connectivity index (χ0v) is 6.69. The van der Waals surface area contributed by atoms with Gasteiger partial charge in [0.05, 0.1) is 0 Å². The second kappa shape index (κ2) is 4.87. The minimum atomic E-state index is -0.183. The fourth-order valence-corrected chi connectivity index (χ4v) is 0.467. The lowest BCUT2D eigenvalue weighted by Crippen LogP contribution is -2.28. The molecule has 0 aliphatic carbocycles. The first-order chi connectivity index (χ1) is 4.66. The Morgan fingerprint density at radius 3 is 2.60 bits per heavy atom. The van der Waals surface area contributed by atoms with E-state index < -0.39 is 0 Å². The number of nitrogens with one attached hydrogen (secondary N) is 1. The molecule has 0 spiro atoms. The van der Waals surface area contributed by atoms with Crippen LogP contribution in [0.25, 0.3) is 0 Å². The molecule has 0 aromatic rings. The minimum Gasteiger partial charge on any atom is -0.343 e. The van der Waals surface area contributed by atoms with E-state index in [-0.39, 0.29) is 11.9 Å². The third kappa shape index (κ3) is 5.17. The SMILES string of the molecule is CCC#CC(=O)NC(C)C. The fourth-order valence-electron chi connectivity index (χ4n) is 0.467. The summed E-state index contributed by atoms with van der Waals surface area (Å²) in [6.45, 7) is 5.73. The summed E-state index contributed by atoms with van der Waals surface area (Å²) >= 11 is 0. The van der Waals surface area contributed by atoms with E-state index in [1.54, 1.807) is 0 Å². The Balaban J connectivity index is 3.64. The van der Waals surface area contributed by atoms with E-state index in [1.165, 1.54) is 0 Å². The molecule has 0 rings (SSSR count). The van der Waals surface area contributed by atoms with Crippen molar-refractivity contribution in [3.8, 4) is 11.8 Å². The van der Waals surface area contributed by atoms with Gasteiger partial charge in [-0.3, -0.25) is 4.79 Å². The van der Waals surface area contributed by atoms with Crippen molar-refractivity contribution in [1.29, 1.82) is 0 Å². The van der Waals surface area contributed by atoms with Crippen LogP contribution in [0.1, 0.15) is 27.2 Å². The Labute approximate surface area is 62.0 Å². The van der Waals surface area contributed by atoms with Crippen molar-refractivity contribution in [1.82, 2.24) is 5.32 Å². The highest BCUT2D eigenvalue weighted by molar-refractivity contribution is 5.93. The topological polar surface area (TPSA) is 29.1 Å². The molecule has 1 N–H and O–H groups in total. The Kier molecular flexibility index (Phi) is 4.39. The van der Waals surface area contributed by atoms with Gasteiger partial charge in [-0.1, -0.05) is 12.8 Å². The molecular formula is C8H13NO. The molecule has 0 saturated heterocycles. The van der Waals surface area contributed by atoms with Gasteiger partial charge in [-0.2, -0.15) is 0 Å². The van der Waals surface area contributed by atoms with E-state index in [9.17, 15) is 4.79 Å².